The Morgan fingerprint density at radius 1 is 1.36 bits per heavy atom. The van der Waals surface area contributed by atoms with E-state index in [0.717, 1.165) is 19.3 Å². The highest BCUT2D eigenvalue weighted by Crippen LogP contribution is 2.26. The van der Waals surface area contributed by atoms with Gasteiger partial charge in [-0.1, -0.05) is 23.8 Å². The first kappa shape index (κ1) is 9.45. The topological polar surface area (TPSA) is 17.1 Å². The molecule has 2 rings (SSSR count). The minimum absolute atomic E-state index is 0.268. The molecule has 1 nitrogen and oxygen atoms in total. The van der Waals surface area contributed by atoms with Crippen molar-refractivity contribution >= 4 is 5.78 Å². The van der Waals surface area contributed by atoms with E-state index in [4.69, 9.17) is 0 Å². The molecule has 1 aliphatic carbocycles. The number of hydrogen-bond donors (Lipinski definition) is 0. The molecule has 0 N–H and O–H groups in total. The van der Waals surface area contributed by atoms with Crippen molar-refractivity contribution in [3.8, 4) is 0 Å². The Hall–Kier alpha value is -1.11. The number of aryl methyl sites for hydroxylation is 2. The van der Waals surface area contributed by atoms with Gasteiger partial charge in [0.15, 0.2) is 0 Å². The Kier molecular flexibility index (Phi) is 2.40. The highest BCUT2D eigenvalue weighted by molar-refractivity contribution is 5.79. The van der Waals surface area contributed by atoms with E-state index >= 15 is 0 Å². The Labute approximate surface area is 85.1 Å². The number of carbonyl (C=O) groups is 1. The third-order valence-corrected chi connectivity index (χ3v) is 3.17. The van der Waals surface area contributed by atoms with Crippen LogP contribution in [-0.4, -0.2) is 5.78 Å². The van der Waals surface area contributed by atoms with Crippen LogP contribution in [0.5, 0.6) is 0 Å². The zero-order chi connectivity index (χ0) is 10.1. The van der Waals surface area contributed by atoms with E-state index in [1.807, 2.05) is 0 Å². The van der Waals surface area contributed by atoms with Crippen molar-refractivity contribution in [1.29, 1.82) is 0 Å². The molecule has 0 saturated heterocycles. The molecule has 0 fully saturated rings. The van der Waals surface area contributed by atoms with E-state index in [1.54, 1.807) is 6.92 Å². The van der Waals surface area contributed by atoms with E-state index in [9.17, 15) is 4.79 Å². The second-order valence-electron chi connectivity index (χ2n) is 4.32. The van der Waals surface area contributed by atoms with Crippen LogP contribution < -0.4 is 0 Å². The molecule has 74 valence electrons. The third kappa shape index (κ3) is 1.72. The summed E-state index contributed by atoms with van der Waals surface area (Å²) in [6.07, 6.45) is 3.05. The summed E-state index contributed by atoms with van der Waals surface area (Å²) in [5.41, 5.74) is 4.12. The van der Waals surface area contributed by atoms with Gasteiger partial charge in [0, 0.05) is 5.92 Å². The van der Waals surface area contributed by atoms with Gasteiger partial charge in [0.05, 0.1) is 0 Å². The van der Waals surface area contributed by atoms with Gasteiger partial charge in [0.1, 0.15) is 5.78 Å². The number of hydrogen-bond acceptors (Lipinski definition) is 1. The lowest BCUT2D eigenvalue weighted by Gasteiger charge is -2.22. The largest absolute Gasteiger partial charge is 0.300 e. The van der Waals surface area contributed by atoms with Gasteiger partial charge in [-0.05, 0) is 44.2 Å². The molecule has 0 saturated carbocycles. The second kappa shape index (κ2) is 3.56. The van der Waals surface area contributed by atoms with Crippen molar-refractivity contribution in [1.82, 2.24) is 0 Å². The fourth-order valence-corrected chi connectivity index (χ4v) is 2.23. The fourth-order valence-electron chi connectivity index (χ4n) is 2.23. The first-order valence-electron chi connectivity index (χ1n) is 5.25. The summed E-state index contributed by atoms with van der Waals surface area (Å²) in [5.74, 6) is 0.612. The van der Waals surface area contributed by atoms with Gasteiger partial charge < -0.3 is 0 Å². The monoisotopic (exact) mass is 188 g/mol. The highest BCUT2D eigenvalue weighted by Gasteiger charge is 2.21. The van der Waals surface area contributed by atoms with Gasteiger partial charge in [-0.25, -0.2) is 0 Å². The maximum Gasteiger partial charge on any atom is 0.133 e. The molecule has 0 aromatic heterocycles. The predicted octanol–water partition coefficient (Wildman–Crippen LogP) is 2.69. The summed E-state index contributed by atoms with van der Waals surface area (Å²) in [4.78, 5) is 11.3. The van der Waals surface area contributed by atoms with Crippen molar-refractivity contribution in [2.24, 2.45) is 5.92 Å². The molecule has 1 unspecified atom stereocenters. The number of fused-ring (bicyclic) bond motifs is 1. The van der Waals surface area contributed by atoms with Crippen LogP contribution in [0.1, 0.15) is 30.0 Å². The fraction of sp³-hybridized carbons (Fsp3) is 0.462. The van der Waals surface area contributed by atoms with Crippen molar-refractivity contribution in [2.75, 3.05) is 0 Å². The van der Waals surface area contributed by atoms with Crippen molar-refractivity contribution < 1.29 is 4.79 Å². The van der Waals surface area contributed by atoms with Gasteiger partial charge in [0.25, 0.3) is 0 Å². The number of benzene rings is 1. The lowest BCUT2D eigenvalue weighted by Crippen LogP contribution is -2.20. The van der Waals surface area contributed by atoms with Crippen LogP contribution in [0.4, 0.5) is 0 Å². The normalized spacial score (nSPS) is 20.3. The average molecular weight is 188 g/mol. The van der Waals surface area contributed by atoms with Crippen LogP contribution in [-0.2, 0) is 17.6 Å². The van der Waals surface area contributed by atoms with E-state index in [-0.39, 0.29) is 5.92 Å². The SMILES string of the molecule is CC(=O)C1CCc2ccc(C)cc2C1. The molecule has 0 radical (unpaired) electrons. The lowest BCUT2D eigenvalue weighted by atomic mass is 9.81. The first-order chi connectivity index (χ1) is 6.66. The molecule has 1 aromatic carbocycles. The number of ketones is 1. The average Bonchev–Trinajstić information content (AvgIpc) is 2.16. The molecule has 0 aliphatic heterocycles. The van der Waals surface area contributed by atoms with Crippen LogP contribution >= 0.6 is 0 Å². The van der Waals surface area contributed by atoms with Crippen LogP contribution in [0, 0.1) is 12.8 Å². The summed E-state index contributed by atoms with van der Waals surface area (Å²) < 4.78 is 0. The zero-order valence-corrected chi connectivity index (χ0v) is 8.84. The number of Topliss-reactive ketones (excluding diaryl/α,β-unsaturated/α-hetero) is 1. The lowest BCUT2D eigenvalue weighted by molar-refractivity contribution is -0.121. The van der Waals surface area contributed by atoms with Crippen molar-refractivity contribution in [3.63, 3.8) is 0 Å². The third-order valence-electron chi connectivity index (χ3n) is 3.17. The molecule has 1 aromatic rings. The summed E-state index contributed by atoms with van der Waals surface area (Å²) in [6.45, 7) is 3.82. The molecule has 0 heterocycles. The number of rotatable bonds is 1. The van der Waals surface area contributed by atoms with Crippen LogP contribution in [0.15, 0.2) is 18.2 Å². The standard InChI is InChI=1S/C13H16O/c1-9-3-4-11-5-6-12(10(2)14)8-13(11)7-9/h3-4,7,12H,5-6,8H2,1-2H3. The molecular weight excluding hydrogens is 172 g/mol. The van der Waals surface area contributed by atoms with Gasteiger partial charge in [-0.2, -0.15) is 0 Å². The maximum absolute atomic E-state index is 11.3. The van der Waals surface area contributed by atoms with E-state index < -0.39 is 0 Å². The molecule has 1 atom stereocenters. The Bertz CT molecular complexity index is 365. The maximum atomic E-state index is 11.3. The van der Waals surface area contributed by atoms with Gasteiger partial charge >= 0.3 is 0 Å². The smallest absolute Gasteiger partial charge is 0.133 e. The molecule has 14 heavy (non-hydrogen) atoms. The summed E-state index contributed by atoms with van der Waals surface area (Å²) in [6, 6.07) is 6.60. The Morgan fingerprint density at radius 3 is 2.86 bits per heavy atom. The van der Waals surface area contributed by atoms with Crippen molar-refractivity contribution in [2.45, 2.75) is 33.1 Å². The number of carbonyl (C=O) groups excluding carboxylic acids is 1. The van der Waals surface area contributed by atoms with Crippen molar-refractivity contribution in [3.05, 3.63) is 34.9 Å². The van der Waals surface area contributed by atoms with Crippen LogP contribution in [0.2, 0.25) is 0 Å². The van der Waals surface area contributed by atoms with Gasteiger partial charge in [-0.3, -0.25) is 4.79 Å². The minimum Gasteiger partial charge on any atom is -0.300 e. The van der Waals surface area contributed by atoms with Gasteiger partial charge in [-0.15, -0.1) is 0 Å². The Balaban J connectivity index is 2.29. The summed E-state index contributed by atoms with van der Waals surface area (Å²) >= 11 is 0. The van der Waals surface area contributed by atoms with E-state index in [0.29, 0.717) is 5.78 Å². The molecule has 0 bridgehead atoms. The molecule has 1 aliphatic rings. The van der Waals surface area contributed by atoms with Crippen LogP contribution in [0.25, 0.3) is 0 Å². The molecule has 1 heteroatoms. The quantitative estimate of drug-likeness (QED) is 0.662. The first-order valence-corrected chi connectivity index (χ1v) is 5.25. The Morgan fingerprint density at radius 2 is 2.14 bits per heavy atom. The molecular formula is C13H16O. The zero-order valence-electron chi connectivity index (χ0n) is 8.84. The molecule has 0 amide bonds. The van der Waals surface area contributed by atoms with Crippen LogP contribution in [0.3, 0.4) is 0 Å². The minimum atomic E-state index is 0.268. The second-order valence-corrected chi connectivity index (χ2v) is 4.32. The summed E-state index contributed by atoms with van der Waals surface area (Å²) in [7, 11) is 0. The summed E-state index contributed by atoms with van der Waals surface area (Å²) in [5, 5.41) is 0. The highest BCUT2D eigenvalue weighted by atomic mass is 16.1. The molecule has 0 spiro atoms. The predicted molar refractivity (Wildman–Crippen MR) is 57.4 cm³/mol. The van der Waals surface area contributed by atoms with E-state index in [1.165, 1.54) is 16.7 Å². The van der Waals surface area contributed by atoms with Gasteiger partial charge in [0.2, 0.25) is 0 Å². The van der Waals surface area contributed by atoms with E-state index in [2.05, 4.69) is 25.1 Å².